The summed E-state index contributed by atoms with van der Waals surface area (Å²) >= 11 is 0. The van der Waals surface area contributed by atoms with Gasteiger partial charge >= 0.3 is 0 Å². The number of carbonyl (C=O) groups is 2. The van der Waals surface area contributed by atoms with E-state index in [9.17, 15) is 14.7 Å². The van der Waals surface area contributed by atoms with Gasteiger partial charge in [-0.1, -0.05) is 17.7 Å². The first kappa shape index (κ1) is 15.7. The SMILES string of the molecule is Cc1ccc(C(=O)N[C@@H](C(=O)[O-])C23CC4CC(CC(C4)C2)C3)cc1. The molecule has 4 bridgehead atoms. The lowest BCUT2D eigenvalue weighted by atomic mass is 9.47. The summed E-state index contributed by atoms with van der Waals surface area (Å²) in [4.78, 5) is 24.5. The van der Waals surface area contributed by atoms with Crippen molar-refractivity contribution in [2.24, 2.45) is 23.2 Å². The third kappa shape index (κ3) is 2.62. The van der Waals surface area contributed by atoms with Crippen molar-refractivity contribution in [3.63, 3.8) is 0 Å². The minimum Gasteiger partial charge on any atom is -0.548 e. The van der Waals surface area contributed by atoms with Gasteiger partial charge in [-0.25, -0.2) is 0 Å². The largest absolute Gasteiger partial charge is 0.548 e. The molecule has 4 saturated carbocycles. The lowest BCUT2D eigenvalue weighted by Gasteiger charge is -2.59. The van der Waals surface area contributed by atoms with E-state index in [0.717, 1.165) is 24.8 Å². The molecule has 24 heavy (non-hydrogen) atoms. The molecule has 128 valence electrons. The number of hydrogen-bond acceptors (Lipinski definition) is 3. The number of carboxylic acid groups (broad SMARTS) is 1. The van der Waals surface area contributed by atoms with Gasteiger partial charge in [0.1, 0.15) is 0 Å². The summed E-state index contributed by atoms with van der Waals surface area (Å²) in [5.74, 6) is 0.468. The second-order valence-corrected chi connectivity index (χ2v) is 8.37. The zero-order chi connectivity index (χ0) is 16.9. The fourth-order valence-corrected chi connectivity index (χ4v) is 5.91. The minimum atomic E-state index is -1.13. The third-order valence-electron chi connectivity index (χ3n) is 6.52. The number of aliphatic carboxylic acids is 1. The molecule has 1 N–H and O–H groups in total. The van der Waals surface area contributed by atoms with Crippen molar-refractivity contribution in [2.75, 3.05) is 0 Å². The number of hydrogen-bond donors (Lipinski definition) is 1. The van der Waals surface area contributed by atoms with Crippen LogP contribution in [-0.2, 0) is 4.79 Å². The number of amides is 1. The summed E-state index contributed by atoms with van der Waals surface area (Å²) in [5, 5.41) is 14.7. The Morgan fingerprint density at radius 1 is 1.04 bits per heavy atom. The van der Waals surface area contributed by atoms with Crippen molar-refractivity contribution >= 4 is 11.9 Å². The Bertz CT molecular complexity index is 629. The summed E-state index contributed by atoms with van der Waals surface area (Å²) in [6.07, 6.45) is 6.49. The Morgan fingerprint density at radius 2 is 1.54 bits per heavy atom. The number of rotatable bonds is 4. The Labute approximate surface area is 142 Å². The second kappa shape index (κ2) is 5.61. The summed E-state index contributed by atoms with van der Waals surface area (Å²) in [6.45, 7) is 1.96. The zero-order valence-corrected chi connectivity index (χ0v) is 14.1. The molecule has 1 atom stereocenters. The molecule has 0 heterocycles. The number of aryl methyl sites for hydroxylation is 1. The van der Waals surface area contributed by atoms with Crippen LogP contribution in [0.25, 0.3) is 0 Å². The van der Waals surface area contributed by atoms with Crippen LogP contribution in [0.3, 0.4) is 0 Å². The van der Waals surface area contributed by atoms with Crippen LogP contribution in [-0.4, -0.2) is 17.9 Å². The van der Waals surface area contributed by atoms with E-state index in [0.29, 0.717) is 23.3 Å². The molecule has 1 aromatic carbocycles. The maximum absolute atomic E-state index is 12.6. The van der Waals surface area contributed by atoms with E-state index in [1.165, 1.54) is 19.3 Å². The Morgan fingerprint density at radius 3 is 2.00 bits per heavy atom. The van der Waals surface area contributed by atoms with Gasteiger partial charge in [-0.05, 0) is 80.8 Å². The smallest absolute Gasteiger partial charge is 0.251 e. The van der Waals surface area contributed by atoms with Crippen LogP contribution in [0, 0.1) is 30.1 Å². The fourth-order valence-electron chi connectivity index (χ4n) is 5.91. The van der Waals surface area contributed by atoms with Gasteiger partial charge in [0, 0.05) is 5.56 Å². The van der Waals surface area contributed by atoms with E-state index in [-0.39, 0.29) is 11.3 Å². The molecule has 1 aromatic rings. The summed E-state index contributed by atoms with van der Waals surface area (Å²) in [5.41, 5.74) is 1.29. The van der Waals surface area contributed by atoms with E-state index < -0.39 is 12.0 Å². The van der Waals surface area contributed by atoms with E-state index >= 15 is 0 Å². The lowest BCUT2D eigenvalue weighted by molar-refractivity contribution is -0.313. The molecule has 5 rings (SSSR count). The summed E-state index contributed by atoms with van der Waals surface area (Å²) in [6, 6.07) is 6.36. The minimum absolute atomic E-state index is 0.298. The summed E-state index contributed by atoms with van der Waals surface area (Å²) in [7, 11) is 0. The Balaban J connectivity index is 1.57. The predicted octanol–water partition coefficient (Wildman–Crippen LogP) is 2.06. The lowest BCUT2D eigenvalue weighted by Crippen LogP contribution is -2.62. The van der Waals surface area contributed by atoms with Crippen LogP contribution in [0.4, 0.5) is 0 Å². The molecular weight excluding hydrogens is 302 g/mol. The van der Waals surface area contributed by atoms with Gasteiger partial charge < -0.3 is 15.2 Å². The molecule has 4 aliphatic carbocycles. The van der Waals surface area contributed by atoms with Crippen LogP contribution in [0.15, 0.2) is 24.3 Å². The van der Waals surface area contributed by atoms with Gasteiger partial charge in [0.15, 0.2) is 0 Å². The molecule has 0 unspecified atom stereocenters. The normalized spacial score (nSPS) is 34.8. The Hall–Kier alpha value is -1.84. The zero-order valence-electron chi connectivity index (χ0n) is 14.1. The maximum Gasteiger partial charge on any atom is 0.251 e. The molecule has 4 nitrogen and oxygen atoms in total. The molecule has 0 radical (unpaired) electrons. The van der Waals surface area contributed by atoms with Crippen molar-refractivity contribution in [3.8, 4) is 0 Å². The van der Waals surface area contributed by atoms with Gasteiger partial charge in [0.05, 0.1) is 12.0 Å². The number of carbonyl (C=O) groups excluding carboxylic acids is 2. The molecule has 0 spiro atoms. The quantitative estimate of drug-likeness (QED) is 0.921. The monoisotopic (exact) mass is 326 g/mol. The van der Waals surface area contributed by atoms with Crippen LogP contribution >= 0.6 is 0 Å². The number of benzene rings is 1. The van der Waals surface area contributed by atoms with E-state index in [2.05, 4.69) is 5.32 Å². The van der Waals surface area contributed by atoms with Crippen molar-refractivity contribution < 1.29 is 14.7 Å². The highest BCUT2D eigenvalue weighted by atomic mass is 16.4. The number of carboxylic acids is 1. The average Bonchev–Trinajstić information content (AvgIpc) is 2.51. The van der Waals surface area contributed by atoms with E-state index in [1.54, 1.807) is 12.1 Å². The van der Waals surface area contributed by atoms with Crippen LogP contribution in [0.5, 0.6) is 0 Å². The maximum atomic E-state index is 12.6. The summed E-state index contributed by atoms with van der Waals surface area (Å²) < 4.78 is 0. The molecule has 0 saturated heterocycles. The van der Waals surface area contributed by atoms with Crippen molar-refractivity contribution in [1.82, 2.24) is 5.32 Å². The first-order chi connectivity index (χ1) is 11.4. The van der Waals surface area contributed by atoms with Crippen molar-refractivity contribution in [1.29, 1.82) is 0 Å². The van der Waals surface area contributed by atoms with Gasteiger partial charge in [-0.15, -0.1) is 0 Å². The highest BCUT2D eigenvalue weighted by Crippen LogP contribution is 2.61. The van der Waals surface area contributed by atoms with Crippen molar-refractivity contribution in [2.45, 2.75) is 51.5 Å². The van der Waals surface area contributed by atoms with Gasteiger partial charge in [0.2, 0.25) is 0 Å². The first-order valence-corrected chi connectivity index (χ1v) is 9.03. The first-order valence-electron chi connectivity index (χ1n) is 9.03. The molecular formula is C20H24NO3-. The second-order valence-electron chi connectivity index (χ2n) is 8.37. The molecule has 0 aromatic heterocycles. The predicted molar refractivity (Wildman–Crippen MR) is 88.0 cm³/mol. The third-order valence-corrected chi connectivity index (χ3v) is 6.52. The molecule has 4 aliphatic rings. The molecule has 4 fully saturated rings. The van der Waals surface area contributed by atoms with Gasteiger partial charge in [-0.2, -0.15) is 0 Å². The van der Waals surface area contributed by atoms with E-state index in [1.807, 2.05) is 19.1 Å². The standard InChI is InChI=1S/C20H25NO3/c1-12-2-4-16(5-3-12)18(22)21-17(19(23)24)20-9-13-6-14(10-20)8-15(7-13)11-20/h2-5,13-15,17H,6-11H2,1H3,(H,21,22)(H,23,24)/p-1/t13?,14?,15?,17-,20?/m0/s1. The fraction of sp³-hybridized carbons (Fsp3) is 0.600. The van der Waals surface area contributed by atoms with Crippen LogP contribution in [0.1, 0.15) is 54.4 Å². The van der Waals surface area contributed by atoms with E-state index in [4.69, 9.17) is 0 Å². The van der Waals surface area contributed by atoms with Crippen LogP contribution in [0.2, 0.25) is 0 Å². The highest BCUT2D eigenvalue weighted by molar-refractivity contribution is 5.96. The topological polar surface area (TPSA) is 69.2 Å². The van der Waals surface area contributed by atoms with Gasteiger partial charge in [0.25, 0.3) is 5.91 Å². The van der Waals surface area contributed by atoms with Crippen molar-refractivity contribution in [3.05, 3.63) is 35.4 Å². The molecule has 1 amide bonds. The van der Waals surface area contributed by atoms with Crippen LogP contribution < -0.4 is 10.4 Å². The number of nitrogens with one attached hydrogen (secondary N) is 1. The average molecular weight is 326 g/mol. The molecule has 4 heteroatoms. The Kier molecular flexibility index (Phi) is 3.66. The highest BCUT2D eigenvalue weighted by Gasteiger charge is 2.54. The molecule has 0 aliphatic heterocycles. The van der Waals surface area contributed by atoms with Gasteiger partial charge in [-0.3, -0.25) is 4.79 Å².